The molecule has 0 aromatic carbocycles. The molecule has 0 spiro atoms. The fourth-order valence-corrected chi connectivity index (χ4v) is 1.46. The molecule has 0 aromatic heterocycles. The Morgan fingerprint density at radius 3 is 2.57 bits per heavy atom. The lowest BCUT2D eigenvalue weighted by Crippen LogP contribution is -2.30. The third kappa shape index (κ3) is 3.36. The van der Waals surface area contributed by atoms with Gasteiger partial charge in [0.2, 0.25) is 5.91 Å². The molecule has 0 radical (unpaired) electrons. The number of carbonyl (C=O) groups is 2. The zero-order valence-corrected chi connectivity index (χ0v) is 8.62. The van der Waals surface area contributed by atoms with Gasteiger partial charge in [0.05, 0.1) is 0 Å². The third-order valence-electron chi connectivity index (χ3n) is 2.59. The van der Waals surface area contributed by atoms with Crippen LogP contribution in [0.1, 0.15) is 26.7 Å². The molecule has 14 heavy (non-hydrogen) atoms. The van der Waals surface area contributed by atoms with E-state index in [1.807, 2.05) is 13.8 Å². The van der Waals surface area contributed by atoms with Crippen molar-refractivity contribution >= 4 is 11.9 Å². The minimum Gasteiger partial charge on any atom is -0.481 e. The number of aliphatic carboxylic acids is 1. The maximum Gasteiger partial charge on any atom is 0.303 e. The Bertz CT molecular complexity index is 240. The SMILES string of the molecule is CC(CNC(=O)C1CC1C)CC(=O)O. The fourth-order valence-electron chi connectivity index (χ4n) is 1.46. The molecule has 4 nitrogen and oxygen atoms in total. The van der Waals surface area contributed by atoms with Crippen LogP contribution in [-0.4, -0.2) is 23.5 Å². The van der Waals surface area contributed by atoms with E-state index in [1.165, 1.54) is 0 Å². The first-order chi connectivity index (χ1) is 6.50. The summed E-state index contributed by atoms with van der Waals surface area (Å²) in [5, 5.41) is 11.3. The minimum absolute atomic E-state index is 0.00510. The van der Waals surface area contributed by atoms with E-state index < -0.39 is 5.97 Å². The highest BCUT2D eigenvalue weighted by atomic mass is 16.4. The Kier molecular flexibility index (Phi) is 3.49. The number of carboxylic acid groups (broad SMARTS) is 1. The predicted molar refractivity (Wildman–Crippen MR) is 51.7 cm³/mol. The Balaban J connectivity index is 2.13. The monoisotopic (exact) mass is 199 g/mol. The van der Waals surface area contributed by atoms with E-state index in [0.29, 0.717) is 12.5 Å². The van der Waals surface area contributed by atoms with Crippen LogP contribution in [0.25, 0.3) is 0 Å². The van der Waals surface area contributed by atoms with Crippen LogP contribution in [-0.2, 0) is 9.59 Å². The number of carboxylic acids is 1. The highest BCUT2D eigenvalue weighted by Crippen LogP contribution is 2.37. The smallest absolute Gasteiger partial charge is 0.303 e. The Morgan fingerprint density at radius 1 is 1.57 bits per heavy atom. The molecule has 1 amide bonds. The minimum atomic E-state index is -0.813. The summed E-state index contributed by atoms with van der Waals surface area (Å²) < 4.78 is 0. The van der Waals surface area contributed by atoms with E-state index in [2.05, 4.69) is 5.32 Å². The second-order valence-corrected chi connectivity index (χ2v) is 4.27. The molecule has 4 heteroatoms. The molecular weight excluding hydrogens is 182 g/mol. The fraction of sp³-hybridized carbons (Fsp3) is 0.800. The van der Waals surface area contributed by atoms with Gasteiger partial charge in [-0.1, -0.05) is 13.8 Å². The number of hydrogen-bond acceptors (Lipinski definition) is 2. The Hall–Kier alpha value is -1.06. The van der Waals surface area contributed by atoms with Gasteiger partial charge in [0.15, 0.2) is 0 Å². The first kappa shape index (κ1) is 11.0. The Morgan fingerprint density at radius 2 is 2.14 bits per heavy atom. The molecular formula is C10H17NO3. The van der Waals surface area contributed by atoms with Gasteiger partial charge in [-0.2, -0.15) is 0 Å². The van der Waals surface area contributed by atoms with Gasteiger partial charge in [0.25, 0.3) is 0 Å². The molecule has 0 aliphatic heterocycles. The van der Waals surface area contributed by atoms with E-state index in [9.17, 15) is 9.59 Å². The number of rotatable bonds is 5. The summed E-state index contributed by atoms with van der Waals surface area (Å²) in [6.45, 7) is 4.34. The largest absolute Gasteiger partial charge is 0.481 e. The third-order valence-corrected chi connectivity index (χ3v) is 2.59. The van der Waals surface area contributed by atoms with E-state index in [1.54, 1.807) is 0 Å². The van der Waals surface area contributed by atoms with E-state index in [0.717, 1.165) is 6.42 Å². The van der Waals surface area contributed by atoms with Crippen molar-refractivity contribution in [3.8, 4) is 0 Å². The summed E-state index contributed by atoms with van der Waals surface area (Å²) in [5.41, 5.74) is 0. The topological polar surface area (TPSA) is 66.4 Å². The molecule has 1 aliphatic carbocycles. The normalized spacial score (nSPS) is 26.7. The van der Waals surface area contributed by atoms with Gasteiger partial charge >= 0.3 is 5.97 Å². The van der Waals surface area contributed by atoms with Crippen LogP contribution < -0.4 is 5.32 Å². The number of hydrogen-bond donors (Lipinski definition) is 2. The summed E-state index contributed by atoms with van der Waals surface area (Å²) in [6.07, 6.45) is 1.08. The van der Waals surface area contributed by atoms with E-state index >= 15 is 0 Å². The molecule has 2 N–H and O–H groups in total. The summed E-state index contributed by atoms with van der Waals surface area (Å²) in [4.78, 5) is 21.7. The quantitative estimate of drug-likeness (QED) is 0.690. The van der Waals surface area contributed by atoms with Gasteiger partial charge in [-0.3, -0.25) is 9.59 Å². The number of nitrogens with one attached hydrogen (secondary N) is 1. The zero-order valence-electron chi connectivity index (χ0n) is 8.62. The Labute approximate surface area is 83.7 Å². The molecule has 1 fully saturated rings. The molecule has 3 unspecified atom stereocenters. The highest BCUT2D eigenvalue weighted by Gasteiger charge is 2.38. The summed E-state index contributed by atoms with van der Waals surface area (Å²) in [7, 11) is 0. The highest BCUT2D eigenvalue weighted by molar-refractivity contribution is 5.81. The molecule has 0 bridgehead atoms. The molecule has 1 saturated carbocycles. The average molecular weight is 199 g/mol. The lowest BCUT2D eigenvalue weighted by Gasteiger charge is -2.09. The molecule has 0 heterocycles. The van der Waals surface area contributed by atoms with Gasteiger partial charge < -0.3 is 10.4 Å². The summed E-state index contributed by atoms with van der Waals surface area (Å²) in [5.74, 6) is -0.0522. The summed E-state index contributed by atoms with van der Waals surface area (Å²) in [6, 6.07) is 0. The van der Waals surface area contributed by atoms with E-state index in [-0.39, 0.29) is 24.2 Å². The number of amides is 1. The average Bonchev–Trinajstić information content (AvgIpc) is 2.77. The predicted octanol–water partition coefficient (Wildman–Crippen LogP) is 0.869. The van der Waals surface area contributed by atoms with Crippen molar-refractivity contribution < 1.29 is 14.7 Å². The van der Waals surface area contributed by atoms with Crippen molar-refractivity contribution in [2.45, 2.75) is 26.7 Å². The lowest BCUT2D eigenvalue weighted by molar-refractivity contribution is -0.138. The first-order valence-corrected chi connectivity index (χ1v) is 5.00. The van der Waals surface area contributed by atoms with Gasteiger partial charge in [-0.15, -0.1) is 0 Å². The van der Waals surface area contributed by atoms with Crippen molar-refractivity contribution in [1.29, 1.82) is 0 Å². The maximum absolute atomic E-state index is 11.3. The van der Waals surface area contributed by atoms with Crippen LogP contribution in [0, 0.1) is 17.8 Å². The van der Waals surface area contributed by atoms with E-state index in [4.69, 9.17) is 5.11 Å². The van der Waals surface area contributed by atoms with Gasteiger partial charge in [0, 0.05) is 18.9 Å². The standard InChI is InChI=1S/C10H17NO3/c1-6(3-9(12)13)5-11-10(14)8-4-7(8)2/h6-8H,3-5H2,1-2H3,(H,11,14)(H,12,13). The lowest BCUT2D eigenvalue weighted by atomic mass is 10.1. The molecule has 0 aromatic rings. The molecule has 3 atom stereocenters. The van der Waals surface area contributed by atoms with Crippen molar-refractivity contribution in [3.05, 3.63) is 0 Å². The molecule has 1 rings (SSSR count). The maximum atomic E-state index is 11.3. The number of carbonyl (C=O) groups excluding carboxylic acids is 1. The van der Waals surface area contributed by atoms with Crippen molar-refractivity contribution in [2.75, 3.05) is 6.54 Å². The van der Waals surface area contributed by atoms with Crippen LogP contribution in [0.5, 0.6) is 0 Å². The summed E-state index contributed by atoms with van der Waals surface area (Å²) >= 11 is 0. The van der Waals surface area contributed by atoms with Crippen molar-refractivity contribution in [3.63, 3.8) is 0 Å². The van der Waals surface area contributed by atoms with Crippen LogP contribution in [0.15, 0.2) is 0 Å². The van der Waals surface area contributed by atoms with Crippen molar-refractivity contribution in [1.82, 2.24) is 5.32 Å². The van der Waals surface area contributed by atoms with Crippen LogP contribution in [0.4, 0.5) is 0 Å². The molecule has 80 valence electrons. The van der Waals surface area contributed by atoms with Gasteiger partial charge in [0.1, 0.15) is 0 Å². The molecule has 1 aliphatic rings. The van der Waals surface area contributed by atoms with Gasteiger partial charge in [-0.05, 0) is 18.3 Å². The van der Waals surface area contributed by atoms with Crippen LogP contribution in [0.2, 0.25) is 0 Å². The second kappa shape index (κ2) is 4.44. The first-order valence-electron chi connectivity index (χ1n) is 5.00. The zero-order chi connectivity index (χ0) is 10.7. The van der Waals surface area contributed by atoms with Crippen molar-refractivity contribution in [2.24, 2.45) is 17.8 Å². The molecule has 0 saturated heterocycles. The van der Waals surface area contributed by atoms with Gasteiger partial charge in [-0.25, -0.2) is 0 Å². The van der Waals surface area contributed by atoms with Crippen LogP contribution in [0.3, 0.4) is 0 Å². The van der Waals surface area contributed by atoms with Crippen LogP contribution >= 0.6 is 0 Å². The second-order valence-electron chi connectivity index (χ2n) is 4.27.